The first-order valence-corrected chi connectivity index (χ1v) is 12.0. The summed E-state index contributed by atoms with van der Waals surface area (Å²) in [6, 6.07) is 12.1. The topological polar surface area (TPSA) is 92.4 Å². The first-order chi connectivity index (χ1) is 13.9. The van der Waals surface area contributed by atoms with Gasteiger partial charge >= 0.3 is 0 Å². The average Bonchev–Trinajstić information content (AvgIpc) is 3.47. The van der Waals surface area contributed by atoms with E-state index < -0.39 is 16.1 Å². The lowest BCUT2D eigenvalue weighted by molar-refractivity contribution is 0.186. The molecule has 0 aliphatic heterocycles. The molecule has 0 saturated heterocycles. The Morgan fingerprint density at radius 2 is 1.93 bits per heavy atom. The lowest BCUT2D eigenvalue weighted by Crippen LogP contribution is -2.28. The monoisotopic (exact) mass is 446 g/mol. The minimum Gasteiger partial charge on any atom is -0.449 e. The predicted octanol–water partition coefficient (Wildman–Crippen LogP) is 4.45. The number of thiophene rings is 2. The van der Waals surface area contributed by atoms with Crippen LogP contribution in [0.5, 0.6) is 0 Å². The zero-order valence-corrected chi connectivity index (χ0v) is 17.9. The number of benzene rings is 1. The van der Waals surface area contributed by atoms with Crippen molar-refractivity contribution in [1.29, 1.82) is 0 Å². The van der Waals surface area contributed by atoms with Crippen LogP contribution < -0.4 is 4.72 Å². The summed E-state index contributed by atoms with van der Waals surface area (Å²) in [5.74, 6) is 0.545. The lowest BCUT2D eigenvalue weighted by Gasteiger charge is -2.11. The van der Waals surface area contributed by atoms with E-state index in [1.54, 1.807) is 30.4 Å². The number of aromatic nitrogens is 1. The van der Waals surface area contributed by atoms with Crippen LogP contribution in [-0.4, -0.2) is 25.1 Å². The Kier molecular flexibility index (Phi) is 5.66. The second-order valence-corrected chi connectivity index (χ2v) is 10.0. The van der Waals surface area contributed by atoms with E-state index in [2.05, 4.69) is 9.71 Å². The predicted molar refractivity (Wildman–Crippen MR) is 114 cm³/mol. The van der Waals surface area contributed by atoms with E-state index in [-0.39, 0.29) is 11.4 Å². The van der Waals surface area contributed by atoms with Crippen molar-refractivity contribution in [3.63, 3.8) is 0 Å². The fourth-order valence-corrected chi connectivity index (χ4v) is 5.52. The van der Waals surface area contributed by atoms with Crippen LogP contribution in [0.15, 0.2) is 68.8 Å². The Morgan fingerprint density at radius 1 is 1.14 bits per heavy atom. The molecule has 4 rings (SSSR count). The molecule has 0 amide bonds. The Bertz CT molecular complexity index is 1190. The molecule has 4 aromatic rings. The van der Waals surface area contributed by atoms with Gasteiger partial charge in [0.15, 0.2) is 5.89 Å². The van der Waals surface area contributed by atoms with Crippen molar-refractivity contribution in [2.75, 3.05) is 6.54 Å². The van der Waals surface area contributed by atoms with Crippen LogP contribution in [0.2, 0.25) is 0 Å². The lowest BCUT2D eigenvalue weighted by atomic mass is 10.2. The number of hydrogen-bond donors (Lipinski definition) is 2. The molecule has 9 heteroatoms. The third kappa shape index (κ3) is 4.49. The highest BCUT2D eigenvalue weighted by molar-refractivity contribution is 7.89. The third-order valence-electron chi connectivity index (χ3n) is 4.31. The van der Waals surface area contributed by atoms with Gasteiger partial charge in [-0.25, -0.2) is 18.1 Å². The minimum absolute atomic E-state index is 0.101. The maximum Gasteiger partial charge on any atom is 0.240 e. The van der Waals surface area contributed by atoms with Crippen LogP contribution in [-0.2, 0) is 10.0 Å². The minimum atomic E-state index is -3.74. The highest BCUT2D eigenvalue weighted by Crippen LogP contribution is 2.32. The summed E-state index contributed by atoms with van der Waals surface area (Å²) in [6.45, 7) is 1.64. The first kappa shape index (κ1) is 20.0. The maximum absolute atomic E-state index is 12.6. The van der Waals surface area contributed by atoms with E-state index >= 15 is 0 Å². The Hall–Kier alpha value is -2.30. The zero-order chi connectivity index (χ0) is 20.4. The molecule has 0 saturated carbocycles. The fraction of sp³-hybridized carbons (Fsp3) is 0.150. The van der Waals surface area contributed by atoms with Gasteiger partial charge in [0.05, 0.1) is 4.90 Å². The van der Waals surface area contributed by atoms with Gasteiger partial charge in [-0.1, -0.05) is 12.1 Å². The van der Waals surface area contributed by atoms with E-state index in [0.29, 0.717) is 16.5 Å². The summed E-state index contributed by atoms with van der Waals surface area (Å²) in [7, 11) is -3.74. The third-order valence-corrected chi connectivity index (χ3v) is 7.67. The van der Waals surface area contributed by atoms with E-state index in [1.165, 1.54) is 29.7 Å². The van der Waals surface area contributed by atoms with Crippen molar-refractivity contribution in [1.82, 2.24) is 9.71 Å². The first-order valence-electron chi connectivity index (χ1n) is 8.75. The van der Waals surface area contributed by atoms with Crippen molar-refractivity contribution in [2.24, 2.45) is 0 Å². The number of hydrogen-bond acceptors (Lipinski definition) is 7. The molecular weight excluding hydrogens is 428 g/mol. The number of aliphatic hydroxyl groups excluding tert-OH is 1. The van der Waals surface area contributed by atoms with Crippen molar-refractivity contribution < 1.29 is 17.9 Å². The molecule has 1 atom stereocenters. The van der Waals surface area contributed by atoms with E-state index in [0.717, 1.165) is 16.0 Å². The second-order valence-electron chi connectivity index (χ2n) is 6.36. The van der Waals surface area contributed by atoms with Gasteiger partial charge < -0.3 is 9.52 Å². The smallest absolute Gasteiger partial charge is 0.240 e. The van der Waals surface area contributed by atoms with Crippen LogP contribution in [0.3, 0.4) is 0 Å². The van der Waals surface area contributed by atoms with Crippen molar-refractivity contribution in [3.8, 4) is 21.7 Å². The van der Waals surface area contributed by atoms with Gasteiger partial charge in [-0.05, 0) is 41.1 Å². The molecule has 1 unspecified atom stereocenters. The normalized spacial score (nSPS) is 12.9. The van der Waals surface area contributed by atoms with Crippen LogP contribution in [0.4, 0.5) is 0 Å². The summed E-state index contributed by atoms with van der Waals surface area (Å²) < 4.78 is 32.8. The van der Waals surface area contributed by atoms with Gasteiger partial charge in [0.25, 0.3) is 0 Å². The Labute approximate surface area is 176 Å². The molecule has 150 valence electrons. The summed E-state index contributed by atoms with van der Waals surface area (Å²) >= 11 is 3.06. The molecule has 0 fully saturated rings. The summed E-state index contributed by atoms with van der Waals surface area (Å²) in [6.07, 6.45) is 0.610. The largest absolute Gasteiger partial charge is 0.449 e. The molecule has 0 bridgehead atoms. The van der Waals surface area contributed by atoms with Crippen LogP contribution in [0, 0.1) is 6.92 Å². The van der Waals surface area contributed by atoms with E-state index in [4.69, 9.17) is 4.42 Å². The van der Waals surface area contributed by atoms with Crippen molar-refractivity contribution in [3.05, 3.63) is 70.3 Å². The highest BCUT2D eigenvalue weighted by atomic mass is 32.2. The molecule has 0 aliphatic rings. The quantitative estimate of drug-likeness (QED) is 0.437. The molecule has 2 N–H and O–H groups in total. The Balaban J connectivity index is 1.42. The summed E-state index contributed by atoms with van der Waals surface area (Å²) in [4.78, 5) is 6.10. The number of sulfonamides is 1. The molecule has 3 aromatic heterocycles. The van der Waals surface area contributed by atoms with Gasteiger partial charge in [0, 0.05) is 34.3 Å². The van der Waals surface area contributed by atoms with Crippen molar-refractivity contribution in [2.45, 2.75) is 17.9 Å². The number of oxazole rings is 1. The SMILES string of the molecule is Cc1nc(-c2ccc(S(=O)(=O)NCC(O)c3ccc(-c4ccsc4)s3)cc2)co1. The van der Waals surface area contributed by atoms with Crippen molar-refractivity contribution >= 4 is 32.7 Å². The van der Waals surface area contributed by atoms with Crippen LogP contribution in [0.1, 0.15) is 16.9 Å². The average molecular weight is 447 g/mol. The maximum atomic E-state index is 12.6. The van der Waals surface area contributed by atoms with Gasteiger partial charge in [0.2, 0.25) is 10.0 Å². The molecule has 0 aliphatic carbocycles. The van der Waals surface area contributed by atoms with Gasteiger partial charge in [-0.15, -0.1) is 11.3 Å². The molecule has 6 nitrogen and oxygen atoms in total. The molecule has 29 heavy (non-hydrogen) atoms. The standard InChI is InChI=1S/C20H18N2O4S3/c1-13-22-17(11-26-13)14-2-4-16(5-3-14)29(24,25)21-10-18(23)20-7-6-19(28-20)15-8-9-27-12-15/h2-9,11-12,18,21,23H,10H2,1H3. The van der Waals surface area contributed by atoms with Gasteiger partial charge in [-0.3, -0.25) is 0 Å². The number of nitrogens with one attached hydrogen (secondary N) is 1. The zero-order valence-electron chi connectivity index (χ0n) is 15.4. The Morgan fingerprint density at radius 3 is 2.59 bits per heavy atom. The van der Waals surface area contributed by atoms with Gasteiger partial charge in [0.1, 0.15) is 18.1 Å². The summed E-state index contributed by atoms with van der Waals surface area (Å²) in [5.41, 5.74) is 2.51. The molecule has 0 radical (unpaired) electrons. The molecular formula is C20H18N2O4S3. The summed E-state index contributed by atoms with van der Waals surface area (Å²) in [5, 5.41) is 14.4. The second kappa shape index (κ2) is 8.21. The molecule has 3 heterocycles. The number of aliphatic hydroxyl groups is 1. The fourth-order valence-electron chi connectivity index (χ4n) is 2.77. The van der Waals surface area contributed by atoms with Crippen LogP contribution >= 0.6 is 22.7 Å². The van der Waals surface area contributed by atoms with Gasteiger partial charge in [-0.2, -0.15) is 11.3 Å². The van der Waals surface area contributed by atoms with E-state index in [9.17, 15) is 13.5 Å². The van der Waals surface area contributed by atoms with Crippen LogP contribution in [0.25, 0.3) is 21.7 Å². The molecule has 0 spiro atoms. The highest BCUT2D eigenvalue weighted by Gasteiger charge is 2.18. The number of aryl methyl sites for hydroxylation is 1. The van der Waals surface area contributed by atoms with E-state index in [1.807, 2.05) is 29.0 Å². The molecule has 1 aromatic carbocycles. The number of nitrogens with zero attached hydrogens (tertiary/aromatic N) is 1. The number of rotatable bonds is 7.